The van der Waals surface area contributed by atoms with Gasteiger partial charge in [0.15, 0.2) is 5.82 Å². The van der Waals surface area contributed by atoms with Crippen LogP contribution in [-0.2, 0) is 13.0 Å². The van der Waals surface area contributed by atoms with E-state index in [2.05, 4.69) is 15.7 Å². The van der Waals surface area contributed by atoms with Gasteiger partial charge in [0, 0.05) is 43.0 Å². The van der Waals surface area contributed by atoms with Gasteiger partial charge < -0.3 is 10.2 Å². The fraction of sp³-hybridized carbons (Fsp3) is 0.375. The van der Waals surface area contributed by atoms with E-state index >= 15 is 0 Å². The summed E-state index contributed by atoms with van der Waals surface area (Å²) < 4.78 is 1.99. The Kier molecular flexibility index (Phi) is 5.32. The van der Waals surface area contributed by atoms with E-state index in [1.165, 1.54) is 12.1 Å². The molecule has 2 aliphatic heterocycles. The Morgan fingerprint density at radius 3 is 2.71 bits per heavy atom. The van der Waals surface area contributed by atoms with Gasteiger partial charge in [0.25, 0.3) is 5.91 Å². The molecule has 3 amide bonds. The SMILES string of the molecule is O=C(NC1CCCN(C(=O)Nc2cc3n(n2)CCCC3)C1)c1ccc2ccccc2c1. The molecule has 2 N–H and O–H groups in total. The molecule has 0 spiro atoms. The average molecular weight is 418 g/mol. The van der Waals surface area contributed by atoms with Gasteiger partial charge in [-0.2, -0.15) is 5.10 Å². The first-order chi connectivity index (χ1) is 15.2. The summed E-state index contributed by atoms with van der Waals surface area (Å²) in [6.45, 7) is 2.10. The number of hydrogen-bond acceptors (Lipinski definition) is 3. The van der Waals surface area contributed by atoms with Crippen molar-refractivity contribution in [3.8, 4) is 0 Å². The molecule has 1 saturated heterocycles. The minimum Gasteiger partial charge on any atom is -0.348 e. The lowest BCUT2D eigenvalue weighted by Crippen LogP contribution is -2.50. The monoisotopic (exact) mass is 417 g/mol. The molecule has 160 valence electrons. The van der Waals surface area contributed by atoms with Crippen LogP contribution in [0.2, 0.25) is 0 Å². The van der Waals surface area contributed by atoms with Gasteiger partial charge >= 0.3 is 6.03 Å². The minimum absolute atomic E-state index is 0.0614. The zero-order valence-electron chi connectivity index (χ0n) is 17.5. The van der Waals surface area contributed by atoms with Crippen LogP contribution in [0.5, 0.6) is 0 Å². The molecule has 3 heterocycles. The zero-order chi connectivity index (χ0) is 21.2. The largest absolute Gasteiger partial charge is 0.348 e. The number of fused-ring (bicyclic) bond motifs is 2. The molecule has 0 bridgehead atoms. The fourth-order valence-corrected chi connectivity index (χ4v) is 4.55. The Labute approximate surface area is 181 Å². The summed E-state index contributed by atoms with van der Waals surface area (Å²) in [4.78, 5) is 27.3. The highest BCUT2D eigenvalue weighted by atomic mass is 16.2. The smallest absolute Gasteiger partial charge is 0.323 e. The topological polar surface area (TPSA) is 79.3 Å². The van der Waals surface area contributed by atoms with E-state index in [0.717, 1.165) is 43.0 Å². The lowest BCUT2D eigenvalue weighted by Gasteiger charge is -2.33. The number of likely N-dealkylation sites (tertiary alicyclic amines) is 1. The number of anilines is 1. The van der Waals surface area contributed by atoms with Crippen molar-refractivity contribution in [2.24, 2.45) is 0 Å². The second-order valence-electron chi connectivity index (χ2n) is 8.45. The number of amides is 3. The number of piperidine rings is 1. The molecule has 2 aliphatic rings. The summed E-state index contributed by atoms with van der Waals surface area (Å²) in [5, 5.41) is 12.7. The van der Waals surface area contributed by atoms with Crippen LogP contribution < -0.4 is 10.6 Å². The number of aryl methyl sites for hydroxylation is 2. The summed E-state index contributed by atoms with van der Waals surface area (Å²) in [6.07, 6.45) is 5.03. The van der Waals surface area contributed by atoms with Gasteiger partial charge in [-0.3, -0.25) is 14.8 Å². The van der Waals surface area contributed by atoms with Crippen LogP contribution in [0.25, 0.3) is 10.8 Å². The molecule has 0 aliphatic carbocycles. The van der Waals surface area contributed by atoms with Gasteiger partial charge in [-0.1, -0.05) is 30.3 Å². The molecule has 1 unspecified atom stereocenters. The molecule has 3 aromatic rings. The number of carbonyl (C=O) groups excluding carboxylic acids is 2. The minimum atomic E-state index is -0.153. The van der Waals surface area contributed by atoms with Crippen molar-refractivity contribution in [3.05, 3.63) is 59.8 Å². The second kappa shape index (κ2) is 8.41. The number of carbonyl (C=O) groups is 2. The lowest BCUT2D eigenvalue weighted by molar-refractivity contribution is 0.0913. The average Bonchev–Trinajstić information content (AvgIpc) is 3.21. The first kappa shape index (κ1) is 19.6. The number of rotatable bonds is 3. The summed E-state index contributed by atoms with van der Waals surface area (Å²) in [5.74, 6) is 0.518. The highest BCUT2D eigenvalue weighted by Gasteiger charge is 2.26. The highest BCUT2D eigenvalue weighted by molar-refractivity contribution is 5.98. The Balaban J connectivity index is 1.20. The Morgan fingerprint density at radius 2 is 1.84 bits per heavy atom. The molecule has 0 saturated carbocycles. The van der Waals surface area contributed by atoms with Crippen LogP contribution in [0.4, 0.5) is 10.6 Å². The number of nitrogens with one attached hydrogen (secondary N) is 2. The molecule has 0 radical (unpaired) electrons. The molecule has 5 rings (SSSR count). The maximum absolute atomic E-state index is 12.8. The Hall–Kier alpha value is -3.35. The molecular formula is C24H27N5O2. The third-order valence-electron chi connectivity index (χ3n) is 6.21. The van der Waals surface area contributed by atoms with Gasteiger partial charge in [0.1, 0.15) is 0 Å². The Bertz CT molecular complexity index is 1100. The lowest BCUT2D eigenvalue weighted by atomic mass is 10.0. The van der Waals surface area contributed by atoms with E-state index < -0.39 is 0 Å². The van der Waals surface area contributed by atoms with Crippen LogP contribution in [0.15, 0.2) is 48.5 Å². The fourth-order valence-electron chi connectivity index (χ4n) is 4.55. The molecule has 2 aromatic carbocycles. The van der Waals surface area contributed by atoms with Crippen LogP contribution >= 0.6 is 0 Å². The van der Waals surface area contributed by atoms with E-state index in [4.69, 9.17) is 0 Å². The third kappa shape index (κ3) is 4.26. The van der Waals surface area contributed by atoms with E-state index in [9.17, 15) is 9.59 Å². The van der Waals surface area contributed by atoms with Gasteiger partial charge in [0.2, 0.25) is 0 Å². The molecule has 31 heavy (non-hydrogen) atoms. The van der Waals surface area contributed by atoms with Crippen LogP contribution in [0, 0.1) is 0 Å². The third-order valence-corrected chi connectivity index (χ3v) is 6.21. The summed E-state index contributed by atoms with van der Waals surface area (Å²) in [5.41, 5.74) is 1.82. The van der Waals surface area contributed by atoms with Crippen molar-refractivity contribution in [2.45, 2.75) is 44.7 Å². The number of nitrogens with zero attached hydrogens (tertiary/aromatic N) is 3. The molecule has 1 aromatic heterocycles. The van der Waals surface area contributed by atoms with Crippen LogP contribution in [0.1, 0.15) is 41.7 Å². The number of urea groups is 1. The second-order valence-corrected chi connectivity index (χ2v) is 8.45. The quantitative estimate of drug-likeness (QED) is 0.680. The van der Waals surface area contributed by atoms with E-state index in [1.807, 2.05) is 53.2 Å². The zero-order valence-corrected chi connectivity index (χ0v) is 17.5. The van der Waals surface area contributed by atoms with Gasteiger partial charge in [-0.25, -0.2) is 4.79 Å². The van der Waals surface area contributed by atoms with Gasteiger partial charge in [-0.15, -0.1) is 0 Å². The van der Waals surface area contributed by atoms with Crippen molar-refractivity contribution in [1.82, 2.24) is 20.0 Å². The number of aromatic nitrogens is 2. The highest BCUT2D eigenvalue weighted by Crippen LogP contribution is 2.20. The molecule has 7 heteroatoms. The first-order valence-electron chi connectivity index (χ1n) is 11.1. The van der Waals surface area contributed by atoms with Crippen LogP contribution in [0.3, 0.4) is 0 Å². The van der Waals surface area contributed by atoms with Crippen molar-refractivity contribution >= 4 is 28.5 Å². The van der Waals surface area contributed by atoms with E-state index in [0.29, 0.717) is 24.5 Å². The van der Waals surface area contributed by atoms with E-state index in [-0.39, 0.29) is 18.0 Å². The van der Waals surface area contributed by atoms with Crippen molar-refractivity contribution in [2.75, 3.05) is 18.4 Å². The number of hydrogen-bond donors (Lipinski definition) is 2. The van der Waals surface area contributed by atoms with Crippen LogP contribution in [-0.4, -0.2) is 45.8 Å². The van der Waals surface area contributed by atoms with Gasteiger partial charge in [-0.05, 0) is 55.0 Å². The van der Waals surface area contributed by atoms with Crippen molar-refractivity contribution < 1.29 is 9.59 Å². The number of benzene rings is 2. The summed E-state index contributed by atoms with van der Waals surface area (Å²) >= 11 is 0. The van der Waals surface area contributed by atoms with E-state index in [1.54, 1.807) is 4.90 Å². The van der Waals surface area contributed by atoms with Crippen molar-refractivity contribution in [1.29, 1.82) is 0 Å². The summed E-state index contributed by atoms with van der Waals surface area (Å²) in [6, 6.07) is 15.5. The van der Waals surface area contributed by atoms with Crippen molar-refractivity contribution in [3.63, 3.8) is 0 Å². The molecule has 7 nitrogen and oxygen atoms in total. The standard InChI is InChI=1S/C24H27N5O2/c30-23(19-11-10-17-6-1-2-7-18(17)14-19)25-20-8-5-12-28(16-20)24(31)26-22-15-21-9-3-4-13-29(21)27-22/h1-2,6-7,10-11,14-15,20H,3-5,8-9,12-13,16H2,(H,25,30)(H,26,27,31). The maximum Gasteiger partial charge on any atom is 0.323 e. The predicted octanol–water partition coefficient (Wildman–Crippen LogP) is 3.80. The maximum atomic E-state index is 12.8. The summed E-state index contributed by atoms with van der Waals surface area (Å²) in [7, 11) is 0. The normalized spacial score (nSPS) is 18.5. The van der Waals surface area contributed by atoms with Gasteiger partial charge in [0.05, 0.1) is 0 Å². The predicted molar refractivity (Wildman–Crippen MR) is 120 cm³/mol. The molecular weight excluding hydrogens is 390 g/mol. The Morgan fingerprint density at radius 1 is 0.968 bits per heavy atom. The molecule has 1 fully saturated rings. The first-order valence-corrected chi connectivity index (χ1v) is 11.1. The molecule has 1 atom stereocenters.